The number of hydrogen-bond acceptors (Lipinski definition) is 5. The number of rotatable bonds is 9. The van der Waals surface area contributed by atoms with Crippen molar-refractivity contribution in [2.45, 2.75) is 19.9 Å². The van der Waals surface area contributed by atoms with Gasteiger partial charge in [-0.2, -0.15) is 0 Å². The highest BCUT2D eigenvalue weighted by Crippen LogP contribution is 1.91. The summed E-state index contributed by atoms with van der Waals surface area (Å²) in [6.07, 6.45) is 0. The second kappa shape index (κ2) is 9.89. The predicted octanol–water partition coefficient (Wildman–Crippen LogP) is 0.191. The van der Waals surface area contributed by atoms with E-state index in [2.05, 4.69) is 5.32 Å². The van der Waals surface area contributed by atoms with Crippen molar-refractivity contribution in [3.05, 3.63) is 0 Å². The van der Waals surface area contributed by atoms with E-state index >= 15 is 0 Å². The fourth-order valence-electron chi connectivity index (χ4n) is 0.975. The molecular formula is C10H21NO4. The van der Waals surface area contributed by atoms with Crippen molar-refractivity contribution in [1.82, 2.24) is 5.32 Å². The first-order valence-corrected chi connectivity index (χ1v) is 5.25. The quantitative estimate of drug-likeness (QED) is 0.443. The van der Waals surface area contributed by atoms with Crippen LogP contribution in [-0.4, -0.2) is 52.1 Å². The zero-order valence-corrected chi connectivity index (χ0v) is 9.75. The Hall–Kier alpha value is -0.650. The third-order valence-corrected chi connectivity index (χ3v) is 1.78. The number of carbonyl (C=O) groups is 1. The van der Waals surface area contributed by atoms with Crippen molar-refractivity contribution in [2.24, 2.45) is 0 Å². The van der Waals surface area contributed by atoms with E-state index in [1.807, 2.05) is 6.92 Å². The normalized spacial score (nSPS) is 12.5. The van der Waals surface area contributed by atoms with Crippen molar-refractivity contribution < 1.29 is 19.0 Å². The molecule has 0 rings (SSSR count). The summed E-state index contributed by atoms with van der Waals surface area (Å²) in [4.78, 5) is 11.3. The Labute approximate surface area is 91.1 Å². The minimum atomic E-state index is -0.397. The van der Waals surface area contributed by atoms with Gasteiger partial charge in [-0.3, -0.25) is 4.79 Å². The number of hydrogen-bond donors (Lipinski definition) is 1. The number of likely N-dealkylation sites (N-methyl/N-ethyl adjacent to an activating group) is 1. The summed E-state index contributed by atoms with van der Waals surface area (Å²) in [6.45, 7) is 6.12. The molecule has 1 unspecified atom stereocenters. The molecule has 15 heavy (non-hydrogen) atoms. The van der Waals surface area contributed by atoms with Gasteiger partial charge < -0.3 is 19.5 Å². The summed E-state index contributed by atoms with van der Waals surface area (Å²) in [7, 11) is 1.70. The molecule has 0 aliphatic carbocycles. The molecule has 0 radical (unpaired) electrons. The van der Waals surface area contributed by atoms with E-state index in [0.29, 0.717) is 33.0 Å². The molecule has 0 fully saturated rings. The first-order valence-electron chi connectivity index (χ1n) is 5.25. The minimum Gasteiger partial charge on any atom is -0.465 e. The van der Waals surface area contributed by atoms with Gasteiger partial charge in [0.05, 0.1) is 26.4 Å². The van der Waals surface area contributed by atoms with Gasteiger partial charge in [0.1, 0.15) is 6.04 Å². The smallest absolute Gasteiger partial charge is 0.325 e. The monoisotopic (exact) mass is 219 g/mol. The van der Waals surface area contributed by atoms with Crippen molar-refractivity contribution in [1.29, 1.82) is 0 Å². The standard InChI is InChI=1S/C10H21NO4/c1-4-13-6-7-14-8-9(11-3)10(12)15-5-2/h9,11H,4-8H2,1-3H3. The molecule has 0 aromatic rings. The highest BCUT2D eigenvalue weighted by Gasteiger charge is 2.17. The second-order valence-corrected chi connectivity index (χ2v) is 2.87. The maximum absolute atomic E-state index is 11.3. The van der Waals surface area contributed by atoms with Crippen LogP contribution < -0.4 is 5.32 Å². The second-order valence-electron chi connectivity index (χ2n) is 2.87. The SMILES string of the molecule is CCOCCOCC(NC)C(=O)OCC. The lowest BCUT2D eigenvalue weighted by Gasteiger charge is -2.14. The van der Waals surface area contributed by atoms with Gasteiger partial charge in [-0.1, -0.05) is 0 Å². The van der Waals surface area contributed by atoms with Crippen LogP contribution in [0.4, 0.5) is 0 Å². The number of ether oxygens (including phenoxy) is 3. The van der Waals surface area contributed by atoms with Crippen LogP contribution in [0.5, 0.6) is 0 Å². The summed E-state index contributed by atoms with van der Waals surface area (Å²) in [5.74, 6) is -0.281. The van der Waals surface area contributed by atoms with Gasteiger partial charge >= 0.3 is 5.97 Å². The molecular weight excluding hydrogens is 198 g/mol. The lowest BCUT2D eigenvalue weighted by atomic mass is 10.3. The largest absolute Gasteiger partial charge is 0.465 e. The highest BCUT2D eigenvalue weighted by molar-refractivity contribution is 5.75. The molecule has 0 saturated heterocycles. The maximum atomic E-state index is 11.3. The molecule has 0 aromatic heterocycles. The summed E-state index contributed by atoms with van der Waals surface area (Å²) in [6, 6.07) is -0.397. The van der Waals surface area contributed by atoms with Crippen LogP contribution in [0.25, 0.3) is 0 Å². The number of nitrogens with one attached hydrogen (secondary N) is 1. The van der Waals surface area contributed by atoms with Gasteiger partial charge in [0, 0.05) is 6.61 Å². The molecule has 0 aromatic carbocycles. The first kappa shape index (κ1) is 14.3. The lowest BCUT2D eigenvalue weighted by molar-refractivity contribution is -0.147. The topological polar surface area (TPSA) is 56.8 Å². The van der Waals surface area contributed by atoms with Crippen molar-refractivity contribution in [3.63, 3.8) is 0 Å². The summed E-state index contributed by atoms with van der Waals surface area (Å²) in [5, 5.41) is 2.84. The maximum Gasteiger partial charge on any atom is 0.325 e. The number of carbonyl (C=O) groups excluding carboxylic acids is 1. The van der Waals surface area contributed by atoms with Crippen LogP contribution in [0.2, 0.25) is 0 Å². The molecule has 5 nitrogen and oxygen atoms in total. The average molecular weight is 219 g/mol. The molecule has 5 heteroatoms. The van der Waals surface area contributed by atoms with Gasteiger partial charge in [0.25, 0.3) is 0 Å². The molecule has 0 aliphatic rings. The van der Waals surface area contributed by atoms with Crippen LogP contribution in [0.15, 0.2) is 0 Å². The van der Waals surface area contributed by atoms with Crippen molar-refractivity contribution in [2.75, 3.05) is 40.1 Å². The van der Waals surface area contributed by atoms with Gasteiger partial charge in [-0.05, 0) is 20.9 Å². The first-order chi connectivity index (χ1) is 7.26. The lowest BCUT2D eigenvalue weighted by Crippen LogP contribution is -2.39. The summed E-state index contributed by atoms with van der Waals surface area (Å²) in [5.41, 5.74) is 0. The fraction of sp³-hybridized carbons (Fsp3) is 0.900. The molecule has 0 saturated carbocycles. The molecule has 1 N–H and O–H groups in total. The minimum absolute atomic E-state index is 0.281. The van der Waals surface area contributed by atoms with E-state index in [9.17, 15) is 4.79 Å². The average Bonchev–Trinajstić information content (AvgIpc) is 2.23. The predicted molar refractivity (Wildman–Crippen MR) is 56.8 cm³/mol. The molecule has 0 bridgehead atoms. The molecule has 1 atom stereocenters. The Balaban J connectivity index is 3.56. The summed E-state index contributed by atoms with van der Waals surface area (Å²) < 4.78 is 15.2. The zero-order valence-electron chi connectivity index (χ0n) is 9.75. The molecule has 0 aliphatic heterocycles. The Morgan fingerprint density at radius 2 is 1.87 bits per heavy atom. The highest BCUT2D eigenvalue weighted by atomic mass is 16.5. The van der Waals surface area contributed by atoms with Crippen LogP contribution >= 0.6 is 0 Å². The third-order valence-electron chi connectivity index (χ3n) is 1.78. The van der Waals surface area contributed by atoms with Crippen molar-refractivity contribution >= 4 is 5.97 Å². The van der Waals surface area contributed by atoms with Gasteiger partial charge in [0.15, 0.2) is 0 Å². The van der Waals surface area contributed by atoms with E-state index in [-0.39, 0.29) is 5.97 Å². The Morgan fingerprint density at radius 3 is 2.40 bits per heavy atom. The van der Waals surface area contributed by atoms with E-state index in [1.54, 1.807) is 14.0 Å². The van der Waals surface area contributed by atoms with E-state index in [4.69, 9.17) is 14.2 Å². The van der Waals surface area contributed by atoms with Gasteiger partial charge in [-0.15, -0.1) is 0 Å². The van der Waals surface area contributed by atoms with Gasteiger partial charge in [0.2, 0.25) is 0 Å². The van der Waals surface area contributed by atoms with Crippen LogP contribution in [0.3, 0.4) is 0 Å². The van der Waals surface area contributed by atoms with Crippen molar-refractivity contribution in [3.8, 4) is 0 Å². The molecule has 90 valence electrons. The Kier molecular flexibility index (Phi) is 9.46. The van der Waals surface area contributed by atoms with Crippen LogP contribution in [0.1, 0.15) is 13.8 Å². The van der Waals surface area contributed by atoms with Crippen LogP contribution in [0, 0.1) is 0 Å². The Bertz CT molecular complexity index is 164. The summed E-state index contributed by atoms with van der Waals surface area (Å²) >= 11 is 0. The van der Waals surface area contributed by atoms with E-state index < -0.39 is 6.04 Å². The molecule has 0 heterocycles. The Morgan fingerprint density at radius 1 is 1.20 bits per heavy atom. The number of esters is 1. The third kappa shape index (κ3) is 7.30. The van der Waals surface area contributed by atoms with Crippen LogP contribution in [-0.2, 0) is 19.0 Å². The van der Waals surface area contributed by atoms with E-state index in [1.165, 1.54) is 0 Å². The zero-order chi connectivity index (χ0) is 11.5. The fourth-order valence-corrected chi connectivity index (χ4v) is 0.975. The molecule has 0 amide bonds. The van der Waals surface area contributed by atoms with Gasteiger partial charge in [-0.25, -0.2) is 0 Å². The molecule has 0 spiro atoms. The van der Waals surface area contributed by atoms with E-state index in [0.717, 1.165) is 0 Å².